The van der Waals surface area contributed by atoms with Crippen molar-refractivity contribution in [3.05, 3.63) is 71.8 Å². The van der Waals surface area contributed by atoms with Crippen LogP contribution in [0.2, 0.25) is 0 Å². The average molecular weight is 382 g/mol. The van der Waals surface area contributed by atoms with Crippen molar-refractivity contribution in [1.29, 1.82) is 0 Å². The fourth-order valence-corrected chi connectivity index (χ4v) is 2.99. The molecule has 7 heteroatoms. The number of likely N-dealkylation sites (tertiary alicyclic amines) is 1. The second-order valence-electron chi connectivity index (χ2n) is 6.04. The second-order valence-corrected chi connectivity index (χ2v) is 6.83. The van der Waals surface area contributed by atoms with E-state index in [-0.39, 0.29) is 6.10 Å². The summed E-state index contributed by atoms with van der Waals surface area (Å²) < 4.78 is 39.2. The summed E-state index contributed by atoms with van der Waals surface area (Å²) in [5, 5.41) is 0. The molecule has 1 fully saturated rings. The molecule has 1 heterocycles. The molecule has 0 aromatic heterocycles. The number of hydrogen-bond acceptors (Lipinski definition) is 6. The van der Waals surface area contributed by atoms with Crippen LogP contribution >= 0.6 is 0 Å². The lowest BCUT2D eigenvalue weighted by Crippen LogP contribution is -2.58. The molecule has 3 rings (SSSR count). The first-order chi connectivity index (χ1) is 12.4. The largest absolute Gasteiger partial charge is 0.364 e. The van der Waals surface area contributed by atoms with Crippen molar-refractivity contribution < 1.29 is 33.6 Å². The Balaban J connectivity index is 0.000000431. The highest BCUT2D eigenvalue weighted by molar-refractivity contribution is 5.30. The Morgan fingerprint density at radius 2 is 1.50 bits per heavy atom. The number of rotatable bonds is 5. The standard InChI is InChI=1S/C19H23NO.ClHO4/c1-2-20-14-13-18(15-20)21-19(16-9-5-3-6-10-16)17-11-7-4-8-12-17;2-1(3,4)5/h3-12,18-19H,2,13-15H2,1H3;(H,2,3,4,5). The zero-order chi connectivity index (χ0) is 19.0. The molecule has 0 bridgehead atoms. The van der Waals surface area contributed by atoms with Crippen LogP contribution in [-0.2, 0) is 4.74 Å². The quantitative estimate of drug-likeness (QED) is 0.767. The first-order valence-corrected chi connectivity index (χ1v) is 9.74. The Bertz CT molecular complexity index is 590. The van der Waals surface area contributed by atoms with Crippen LogP contribution in [0.15, 0.2) is 60.7 Å². The maximum absolute atomic E-state index is 8.60. The molecule has 1 N–H and O–H groups in total. The highest BCUT2D eigenvalue weighted by Crippen LogP contribution is 2.29. The van der Waals surface area contributed by atoms with Crippen molar-refractivity contribution in [3.63, 3.8) is 0 Å². The smallest absolute Gasteiger partial charge is 0.108 e. The van der Waals surface area contributed by atoms with Gasteiger partial charge in [0.1, 0.15) is 6.10 Å². The summed E-state index contributed by atoms with van der Waals surface area (Å²) in [7, 11) is -4.69. The SMILES string of the molecule is CCN1CCC(OC(c2ccccc2)c2ccccc2)C1.[O-][Cl+3]([O-])([O-])O. The Morgan fingerprint density at radius 3 is 1.88 bits per heavy atom. The number of likely N-dealkylation sites (N-methyl/N-ethyl adjacent to an activating group) is 1. The molecule has 0 aliphatic carbocycles. The summed E-state index contributed by atoms with van der Waals surface area (Å²) in [6, 6.07) is 21.1. The molecule has 0 radical (unpaired) electrons. The lowest BCUT2D eigenvalue weighted by Gasteiger charge is -2.23. The van der Waals surface area contributed by atoms with E-state index >= 15 is 0 Å². The molecular weight excluding hydrogens is 358 g/mol. The molecule has 142 valence electrons. The van der Waals surface area contributed by atoms with E-state index in [4.69, 9.17) is 23.4 Å². The topological polar surface area (TPSA) is 102 Å². The summed E-state index contributed by atoms with van der Waals surface area (Å²) in [5.41, 5.74) is 2.47. The molecule has 1 saturated heterocycles. The summed E-state index contributed by atoms with van der Waals surface area (Å²) in [6.45, 7) is 5.53. The van der Waals surface area contributed by atoms with Crippen LogP contribution in [0.25, 0.3) is 0 Å². The summed E-state index contributed by atoms with van der Waals surface area (Å²) in [5.74, 6) is 0. The van der Waals surface area contributed by atoms with Crippen LogP contribution in [-0.4, -0.2) is 35.3 Å². The van der Waals surface area contributed by atoms with Crippen LogP contribution in [0.1, 0.15) is 30.6 Å². The number of halogens is 1. The molecule has 6 nitrogen and oxygen atoms in total. The molecule has 2 aromatic rings. The van der Waals surface area contributed by atoms with Gasteiger partial charge in [-0.25, -0.2) is 0 Å². The van der Waals surface area contributed by atoms with Crippen molar-refractivity contribution in [2.24, 2.45) is 0 Å². The van der Waals surface area contributed by atoms with E-state index in [1.165, 1.54) is 11.1 Å². The third-order valence-corrected chi connectivity index (χ3v) is 4.21. The van der Waals surface area contributed by atoms with Crippen LogP contribution in [0.5, 0.6) is 0 Å². The first-order valence-electron chi connectivity index (χ1n) is 8.47. The van der Waals surface area contributed by atoms with Gasteiger partial charge in [-0.05, 0) is 24.1 Å². The predicted octanol–water partition coefficient (Wildman–Crippen LogP) is -0.237. The van der Waals surface area contributed by atoms with Crippen molar-refractivity contribution in [1.82, 2.24) is 4.90 Å². The van der Waals surface area contributed by atoms with Crippen molar-refractivity contribution in [2.45, 2.75) is 25.6 Å². The molecule has 26 heavy (non-hydrogen) atoms. The van der Waals surface area contributed by atoms with Crippen LogP contribution < -0.4 is 14.0 Å². The van der Waals surface area contributed by atoms with Crippen LogP contribution in [0.3, 0.4) is 0 Å². The minimum Gasteiger partial charge on any atom is -0.364 e. The average Bonchev–Trinajstić information content (AvgIpc) is 3.08. The van der Waals surface area contributed by atoms with Gasteiger partial charge in [-0.1, -0.05) is 67.6 Å². The highest BCUT2D eigenvalue weighted by Gasteiger charge is 2.26. The summed E-state index contributed by atoms with van der Waals surface area (Å²) in [6.07, 6.45) is 1.49. The predicted molar refractivity (Wildman–Crippen MR) is 88.5 cm³/mol. The van der Waals surface area contributed by atoms with Crippen molar-refractivity contribution in [2.75, 3.05) is 19.6 Å². The molecular formula is C19H24ClNO5. The molecule has 1 atom stereocenters. The number of ether oxygens (including phenoxy) is 1. The normalized spacial score (nSPS) is 17.8. The second kappa shape index (κ2) is 9.99. The zero-order valence-corrected chi connectivity index (χ0v) is 15.4. The van der Waals surface area contributed by atoms with E-state index in [2.05, 4.69) is 72.5 Å². The summed E-state index contributed by atoms with van der Waals surface area (Å²) >= 11 is 0. The van der Waals surface area contributed by atoms with E-state index in [9.17, 15) is 0 Å². The van der Waals surface area contributed by atoms with E-state index in [0.29, 0.717) is 6.10 Å². The van der Waals surface area contributed by atoms with E-state index in [0.717, 1.165) is 26.1 Å². The maximum Gasteiger partial charge on any atom is 0.108 e. The number of benzene rings is 2. The van der Waals surface area contributed by atoms with Gasteiger partial charge in [-0.2, -0.15) is 14.0 Å². The first kappa shape index (κ1) is 20.8. The van der Waals surface area contributed by atoms with Crippen molar-refractivity contribution >= 4 is 0 Å². The highest BCUT2D eigenvalue weighted by atomic mass is 35.7. The minimum atomic E-state index is -4.69. The van der Waals surface area contributed by atoms with Gasteiger partial charge in [-0.3, -0.25) is 0 Å². The third kappa shape index (κ3) is 7.39. The molecule has 1 aliphatic rings. The monoisotopic (exact) mass is 381 g/mol. The molecule has 0 saturated carbocycles. The van der Waals surface area contributed by atoms with E-state index in [1.807, 2.05) is 0 Å². The Hall–Kier alpha value is -1.51. The van der Waals surface area contributed by atoms with Gasteiger partial charge in [0.25, 0.3) is 0 Å². The molecule has 1 aliphatic heterocycles. The van der Waals surface area contributed by atoms with Crippen LogP contribution in [0.4, 0.5) is 0 Å². The fourth-order valence-electron chi connectivity index (χ4n) is 2.99. The lowest BCUT2D eigenvalue weighted by atomic mass is 10.0. The van der Waals surface area contributed by atoms with E-state index < -0.39 is 10.2 Å². The minimum absolute atomic E-state index is 0.0363. The summed E-state index contributed by atoms with van der Waals surface area (Å²) in [4.78, 5) is 2.46. The number of hydrogen-bond donors (Lipinski definition) is 1. The van der Waals surface area contributed by atoms with Crippen molar-refractivity contribution in [3.8, 4) is 0 Å². The molecule has 0 amide bonds. The van der Waals surface area contributed by atoms with Gasteiger partial charge >= 0.3 is 0 Å². The Morgan fingerprint density at radius 1 is 1.04 bits per heavy atom. The third-order valence-electron chi connectivity index (χ3n) is 4.21. The van der Waals surface area contributed by atoms with Gasteiger partial charge in [0.05, 0.1) is 21.0 Å². The molecule has 2 aromatic carbocycles. The lowest BCUT2D eigenvalue weighted by molar-refractivity contribution is -1.92. The Labute approximate surface area is 156 Å². The van der Waals surface area contributed by atoms with Gasteiger partial charge in [0.2, 0.25) is 0 Å². The number of nitrogens with zero attached hydrogens (tertiary/aromatic N) is 1. The fraction of sp³-hybridized carbons (Fsp3) is 0.368. The maximum atomic E-state index is 8.60. The molecule has 1 unspecified atom stereocenters. The molecule has 0 spiro atoms. The van der Waals surface area contributed by atoms with Gasteiger partial charge in [-0.15, -0.1) is 0 Å². The van der Waals surface area contributed by atoms with Gasteiger partial charge in [0.15, 0.2) is 0 Å². The Kier molecular flexibility index (Phi) is 7.99. The van der Waals surface area contributed by atoms with E-state index in [1.54, 1.807) is 0 Å². The zero-order valence-electron chi connectivity index (χ0n) is 14.7. The van der Waals surface area contributed by atoms with Crippen LogP contribution in [0, 0.1) is 10.2 Å². The van der Waals surface area contributed by atoms with Gasteiger partial charge < -0.3 is 9.64 Å². The van der Waals surface area contributed by atoms with Gasteiger partial charge in [0, 0.05) is 13.1 Å².